The number of anilines is 2. The Morgan fingerprint density at radius 1 is 1.32 bits per heavy atom. The molecule has 5 heteroatoms. The van der Waals surface area contributed by atoms with E-state index in [1.54, 1.807) is 0 Å². The van der Waals surface area contributed by atoms with Gasteiger partial charge >= 0.3 is 0 Å². The lowest BCUT2D eigenvalue weighted by Crippen LogP contribution is -2.43. The molecule has 1 fully saturated rings. The Morgan fingerprint density at radius 2 is 2.14 bits per heavy atom. The van der Waals surface area contributed by atoms with Crippen molar-refractivity contribution in [2.45, 2.75) is 25.0 Å². The average Bonchev–Trinajstić information content (AvgIpc) is 3.04. The molecule has 1 aromatic carbocycles. The first-order chi connectivity index (χ1) is 10.7. The highest BCUT2D eigenvalue weighted by atomic mass is 16.5. The van der Waals surface area contributed by atoms with Crippen LogP contribution < -0.4 is 9.80 Å². The minimum atomic E-state index is -0.474. The molecular weight excluding hydrogens is 280 g/mol. The Morgan fingerprint density at radius 3 is 2.91 bits per heavy atom. The van der Waals surface area contributed by atoms with Crippen LogP contribution in [0.5, 0.6) is 0 Å². The monoisotopic (exact) mass is 306 g/mol. The number of likely N-dealkylation sites (N-methyl/N-ethyl adjacent to an activating group) is 1. The molecule has 2 atom stereocenters. The predicted molar refractivity (Wildman–Crippen MR) is 87.7 cm³/mol. The maximum atomic E-state index is 10.2. The standard InChI is InChI=1S/C17H26N2O3/c1-18-8-9-19(17-7-3-2-6-16(17)18)11-14(20)12-21-13-15-5-4-10-22-15/h2-3,6-7,14-15,20H,4-5,8-13H2,1H3. The van der Waals surface area contributed by atoms with Gasteiger partial charge in [0.15, 0.2) is 0 Å². The van der Waals surface area contributed by atoms with Crippen molar-refractivity contribution < 1.29 is 14.6 Å². The lowest BCUT2D eigenvalue weighted by molar-refractivity contribution is -0.0149. The fraction of sp³-hybridized carbons (Fsp3) is 0.647. The number of ether oxygens (including phenoxy) is 2. The molecule has 22 heavy (non-hydrogen) atoms. The van der Waals surface area contributed by atoms with Crippen molar-refractivity contribution in [3.63, 3.8) is 0 Å². The smallest absolute Gasteiger partial charge is 0.0948 e. The Bertz CT molecular complexity index is 477. The largest absolute Gasteiger partial charge is 0.389 e. The Kier molecular flexibility index (Phi) is 5.18. The number of nitrogens with zero attached hydrogens (tertiary/aromatic N) is 2. The van der Waals surface area contributed by atoms with E-state index in [4.69, 9.17) is 9.47 Å². The molecule has 2 heterocycles. The Labute approximate surface area is 132 Å². The van der Waals surface area contributed by atoms with E-state index in [-0.39, 0.29) is 6.10 Å². The second kappa shape index (κ2) is 7.31. The summed E-state index contributed by atoms with van der Waals surface area (Å²) < 4.78 is 11.1. The van der Waals surface area contributed by atoms with Gasteiger partial charge in [0.1, 0.15) is 0 Å². The first kappa shape index (κ1) is 15.6. The summed E-state index contributed by atoms with van der Waals surface area (Å²) in [7, 11) is 2.11. The van der Waals surface area contributed by atoms with Gasteiger partial charge in [0.2, 0.25) is 0 Å². The third kappa shape index (κ3) is 3.72. The van der Waals surface area contributed by atoms with Crippen LogP contribution in [0.4, 0.5) is 11.4 Å². The molecule has 1 saturated heterocycles. The van der Waals surface area contributed by atoms with Gasteiger partial charge in [-0.15, -0.1) is 0 Å². The SMILES string of the molecule is CN1CCN(CC(O)COCC2CCCO2)c2ccccc21. The van der Waals surface area contributed by atoms with Gasteiger partial charge in [-0.1, -0.05) is 12.1 Å². The van der Waals surface area contributed by atoms with Crippen molar-refractivity contribution in [1.82, 2.24) is 0 Å². The molecule has 0 amide bonds. The number of aliphatic hydroxyl groups excluding tert-OH is 1. The van der Waals surface area contributed by atoms with E-state index in [1.807, 2.05) is 6.07 Å². The highest BCUT2D eigenvalue weighted by Crippen LogP contribution is 2.31. The molecule has 122 valence electrons. The van der Waals surface area contributed by atoms with Gasteiger partial charge in [0.05, 0.1) is 36.8 Å². The number of hydrogen-bond acceptors (Lipinski definition) is 5. The fourth-order valence-corrected chi connectivity index (χ4v) is 3.17. The van der Waals surface area contributed by atoms with Gasteiger partial charge in [-0.05, 0) is 25.0 Å². The second-order valence-electron chi connectivity index (χ2n) is 6.18. The van der Waals surface area contributed by atoms with Crippen molar-refractivity contribution in [2.24, 2.45) is 0 Å². The topological polar surface area (TPSA) is 45.2 Å². The quantitative estimate of drug-likeness (QED) is 0.863. The molecule has 3 rings (SSSR count). The van der Waals surface area contributed by atoms with E-state index in [9.17, 15) is 5.11 Å². The minimum Gasteiger partial charge on any atom is -0.389 e. The van der Waals surface area contributed by atoms with Crippen LogP contribution >= 0.6 is 0 Å². The Balaban J connectivity index is 1.49. The van der Waals surface area contributed by atoms with E-state index >= 15 is 0 Å². The molecule has 0 radical (unpaired) electrons. The third-order valence-corrected chi connectivity index (χ3v) is 4.41. The number of hydrogen-bond donors (Lipinski definition) is 1. The highest BCUT2D eigenvalue weighted by Gasteiger charge is 2.22. The summed E-state index contributed by atoms with van der Waals surface area (Å²) >= 11 is 0. The summed E-state index contributed by atoms with van der Waals surface area (Å²) in [5.41, 5.74) is 2.41. The summed E-state index contributed by atoms with van der Waals surface area (Å²) in [5.74, 6) is 0. The first-order valence-electron chi connectivity index (χ1n) is 8.16. The summed E-state index contributed by atoms with van der Waals surface area (Å²) in [6.07, 6.45) is 1.94. The Hall–Kier alpha value is -1.30. The van der Waals surface area contributed by atoms with Crippen LogP contribution in [0, 0.1) is 0 Å². The molecule has 2 unspecified atom stereocenters. The lowest BCUT2D eigenvalue weighted by atomic mass is 10.1. The van der Waals surface area contributed by atoms with Gasteiger partial charge in [-0.25, -0.2) is 0 Å². The summed E-state index contributed by atoms with van der Waals surface area (Å²) in [6.45, 7) is 4.31. The van der Waals surface area contributed by atoms with E-state index in [2.05, 4.69) is 35.0 Å². The third-order valence-electron chi connectivity index (χ3n) is 4.41. The van der Waals surface area contributed by atoms with Crippen LogP contribution in [0.15, 0.2) is 24.3 Å². The van der Waals surface area contributed by atoms with E-state index < -0.39 is 6.10 Å². The number of rotatable bonds is 6. The first-order valence-corrected chi connectivity index (χ1v) is 8.16. The van der Waals surface area contributed by atoms with Crippen molar-refractivity contribution in [2.75, 3.05) is 56.3 Å². The molecular formula is C17H26N2O3. The van der Waals surface area contributed by atoms with Crippen molar-refractivity contribution >= 4 is 11.4 Å². The van der Waals surface area contributed by atoms with Crippen LogP contribution in [0.1, 0.15) is 12.8 Å². The molecule has 1 N–H and O–H groups in total. The zero-order valence-electron chi connectivity index (χ0n) is 13.3. The zero-order valence-corrected chi connectivity index (χ0v) is 13.3. The van der Waals surface area contributed by atoms with Crippen LogP contribution in [0.3, 0.4) is 0 Å². The maximum absolute atomic E-state index is 10.2. The van der Waals surface area contributed by atoms with Gasteiger partial charge < -0.3 is 24.4 Å². The van der Waals surface area contributed by atoms with E-state index in [1.165, 1.54) is 11.4 Å². The molecule has 5 nitrogen and oxygen atoms in total. The molecule has 0 aromatic heterocycles. The molecule has 2 aliphatic heterocycles. The number of aliphatic hydroxyl groups is 1. The highest BCUT2D eigenvalue weighted by molar-refractivity contribution is 5.73. The van der Waals surface area contributed by atoms with Crippen LogP contribution in [0.25, 0.3) is 0 Å². The van der Waals surface area contributed by atoms with Gasteiger partial charge in [0, 0.05) is 33.3 Å². The number of benzene rings is 1. The van der Waals surface area contributed by atoms with E-state index in [0.717, 1.165) is 32.5 Å². The second-order valence-corrected chi connectivity index (χ2v) is 6.18. The zero-order chi connectivity index (χ0) is 15.4. The molecule has 0 saturated carbocycles. The summed E-state index contributed by atoms with van der Waals surface area (Å²) in [5, 5.41) is 10.2. The number of β-amino-alcohol motifs (C(OH)–C–C–N with tert-alkyl or cyclic N) is 1. The molecule has 0 aliphatic carbocycles. The number of para-hydroxylation sites is 2. The van der Waals surface area contributed by atoms with Crippen LogP contribution in [-0.4, -0.2) is 63.8 Å². The summed E-state index contributed by atoms with van der Waals surface area (Å²) in [6, 6.07) is 8.35. The van der Waals surface area contributed by atoms with Crippen LogP contribution in [0.2, 0.25) is 0 Å². The minimum absolute atomic E-state index is 0.219. The van der Waals surface area contributed by atoms with Crippen molar-refractivity contribution in [3.8, 4) is 0 Å². The van der Waals surface area contributed by atoms with Crippen LogP contribution in [-0.2, 0) is 9.47 Å². The van der Waals surface area contributed by atoms with Gasteiger partial charge in [-0.3, -0.25) is 0 Å². The normalized spacial score (nSPS) is 22.7. The number of fused-ring (bicyclic) bond motifs is 1. The molecule has 1 aromatic rings. The van der Waals surface area contributed by atoms with E-state index in [0.29, 0.717) is 19.8 Å². The average molecular weight is 306 g/mol. The van der Waals surface area contributed by atoms with Gasteiger partial charge in [-0.2, -0.15) is 0 Å². The maximum Gasteiger partial charge on any atom is 0.0948 e. The molecule has 0 bridgehead atoms. The predicted octanol–water partition coefficient (Wildman–Crippen LogP) is 1.50. The lowest BCUT2D eigenvalue weighted by Gasteiger charge is -2.37. The van der Waals surface area contributed by atoms with Gasteiger partial charge in [0.25, 0.3) is 0 Å². The molecule has 0 spiro atoms. The molecule has 2 aliphatic rings. The van der Waals surface area contributed by atoms with Crippen molar-refractivity contribution in [1.29, 1.82) is 0 Å². The fourth-order valence-electron chi connectivity index (χ4n) is 3.17. The van der Waals surface area contributed by atoms with Crippen molar-refractivity contribution in [3.05, 3.63) is 24.3 Å². The summed E-state index contributed by atoms with van der Waals surface area (Å²) in [4.78, 5) is 4.50.